The molecule has 19 heavy (non-hydrogen) atoms. The van der Waals surface area contributed by atoms with Crippen LogP contribution in [-0.2, 0) is 12.8 Å². The fraction of sp³-hybridized carbons (Fsp3) is 0.294. The van der Waals surface area contributed by atoms with Crippen molar-refractivity contribution in [3.05, 3.63) is 59.2 Å². The molecule has 0 atom stereocenters. The summed E-state index contributed by atoms with van der Waals surface area (Å²) >= 11 is 0. The summed E-state index contributed by atoms with van der Waals surface area (Å²) < 4.78 is 10.6. The van der Waals surface area contributed by atoms with E-state index in [0.717, 1.165) is 24.3 Å². The first kappa shape index (κ1) is 13.5. The third-order valence-electron chi connectivity index (χ3n) is 3.36. The quantitative estimate of drug-likeness (QED) is 0.810. The van der Waals surface area contributed by atoms with E-state index in [0.29, 0.717) is 0 Å². The van der Waals surface area contributed by atoms with E-state index in [9.17, 15) is 0 Å². The first-order valence-corrected chi connectivity index (χ1v) is 6.49. The molecule has 2 rings (SSSR count). The minimum atomic E-state index is 0.846. The Morgan fingerprint density at radius 3 is 2.05 bits per heavy atom. The lowest BCUT2D eigenvalue weighted by Crippen LogP contribution is -1.96. The van der Waals surface area contributed by atoms with Gasteiger partial charge in [0.05, 0.1) is 14.2 Å². The third kappa shape index (κ3) is 3.50. The SMILES string of the molecule is COc1cc(CCc2ccccc2C)cc(OC)c1. The Bertz CT molecular complexity index is 524. The Kier molecular flexibility index (Phi) is 4.45. The molecule has 0 fully saturated rings. The van der Waals surface area contributed by atoms with Gasteiger partial charge in [0, 0.05) is 6.07 Å². The molecule has 0 unspecified atom stereocenters. The maximum Gasteiger partial charge on any atom is 0.122 e. The number of methoxy groups -OCH3 is 2. The van der Waals surface area contributed by atoms with Crippen molar-refractivity contribution in [1.82, 2.24) is 0 Å². The van der Waals surface area contributed by atoms with Gasteiger partial charge in [-0.15, -0.1) is 0 Å². The molecule has 2 heteroatoms. The van der Waals surface area contributed by atoms with Crippen LogP contribution in [0.1, 0.15) is 16.7 Å². The van der Waals surface area contributed by atoms with Crippen LogP contribution in [0.5, 0.6) is 11.5 Å². The molecule has 0 aliphatic heterocycles. The van der Waals surface area contributed by atoms with Crippen LogP contribution < -0.4 is 9.47 Å². The van der Waals surface area contributed by atoms with E-state index in [2.05, 4.69) is 43.3 Å². The first-order valence-electron chi connectivity index (χ1n) is 6.49. The number of hydrogen-bond acceptors (Lipinski definition) is 2. The molecule has 2 nitrogen and oxygen atoms in total. The van der Waals surface area contributed by atoms with Crippen molar-refractivity contribution in [3.63, 3.8) is 0 Å². The van der Waals surface area contributed by atoms with Gasteiger partial charge in [0.1, 0.15) is 11.5 Å². The zero-order valence-electron chi connectivity index (χ0n) is 11.8. The molecule has 0 saturated heterocycles. The highest BCUT2D eigenvalue weighted by molar-refractivity contribution is 5.39. The molecular weight excluding hydrogens is 236 g/mol. The summed E-state index contributed by atoms with van der Waals surface area (Å²) in [5.41, 5.74) is 3.97. The van der Waals surface area contributed by atoms with Gasteiger partial charge in [0.15, 0.2) is 0 Å². The van der Waals surface area contributed by atoms with Gasteiger partial charge in [0.25, 0.3) is 0 Å². The standard InChI is InChI=1S/C17H20O2/c1-13-6-4-5-7-15(13)9-8-14-10-16(18-2)12-17(11-14)19-3/h4-7,10-12H,8-9H2,1-3H3. The van der Waals surface area contributed by atoms with E-state index in [-0.39, 0.29) is 0 Å². The Morgan fingerprint density at radius 2 is 1.47 bits per heavy atom. The van der Waals surface area contributed by atoms with Crippen LogP contribution in [0.4, 0.5) is 0 Å². The average molecular weight is 256 g/mol. The largest absolute Gasteiger partial charge is 0.497 e. The van der Waals surface area contributed by atoms with E-state index in [1.54, 1.807) is 14.2 Å². The fourth-order valence-electron chi connectivity index (χ4n) is 2.18. The molecule has 2 aromatic rings. The highest BCUT2D eigenvalue weighted by Gasteiger charge is 2.03. The van der Waals surface area contributed by atoms with E-state index in [4.69, 9.17) is 9.47 Å². The van der Waals surface area contributed by atoms with Gasteiger partial charge >= 0.3 is 0 Å². The lowest BCUT2D eigenvalue weighted by Gasteiger charge is -2.09. The summed E-state index contributed by atoms with van der Waals surface area (Å²) in [4.78, 5) is 0. The monoisotopic (exact) mass is 256 g/mol. The lowest BCUT2D eigenvalue weighted by atomic mass is 10.0. The number of aryl methyl sites for hydroxylation is 3. The van der Waals surface area contributed by atoms with Crippen LogP contribution in [0.2, 0.25) is 0 Å². The zero-order valence-corrected chi connectivity index (χ0v) is 11.8. The highest BCUT2D eigenvalue weighted by atomic mass is 16.5. The lowest BCUT2D eigenvalue weighted by molar-refractivity contribution is 0.393. The summed E-state index contributed by atoms with van der Waals surface area (Å²) in [7, 11) is 3.36. The Hall–Kier alpha value is -1.96. The molecule has 0 aliphatic rings. The summed E-state index contributed by atoms with van der Waals surface area (Å²) in [6.45, 7) is 2.15. The van der Waals surface area contributed by atoms with Gasteiger partial charge in [-0.3, -0.25) is 0 Å². The molecule has 100 valence electrons. The topological polar surface area (TPSA) is 18.5 Å². The van der Waals surface area contributed by atoms with Crippen molar-refractivity contribution in [2.45, 2.75) is 19.8 Å². The van der Waals surface area contributed by atoms with E-state index >= 15 is 0 Å². The van der Waals surface area contributed by atoms with Crippen molar-refractivity contribution in [1.29, 1.82) is 0 Å². The molecule has 0 radical (unpaired) electrons. The van der Waals surface area contributed by atoms with Crippen LogP contribution in [0.15, 0.2) is 42.5 Å². The zero-order chi connectivity index (χ0) is 13.7. The maximum atomic E-state index is 5.29. The predicted octanol–water partition coefficient (Wildman–Crippen LogP) is 3.80. The summed E-state index contributed by atoms with van der Waals surface area (Å²) in [5.74, 6) is 1.69. The van der Waals surface area contributed by atoms with Crippen molar-refractivity contribution in [2.75, 3.05) is 14.2 Å². The Morgan fingerprint density at radius 1 is 0.842 bits per heavy atom. The van der Waals surface area contributed by atoms with Crippen LogP contribution in [0.25, 0.3) is 0 Å². The van der Waals surface area contributed by atoms with Crippen LogP contribution in [0.3, 0.4) is 0 Å². The Balaban J connectivity index is 2.13. The van der Waals surface area contributed by atoms with Crippen molar-refractivity contribution in [2.24, 2.45) is 0 Å². The van der Waals surface area contributed by atoms with Gasteiger partial charge in [-0.2, -0.15) is 0 Å². The Labute approximate surface area is 115 Å². The van der Waals surface area contributed by atoms with E-state index in [1.807, 2.05) is 6.07 Å². The maximum absolute atomic E-state index is 5.29. The summed E-state index contributed by atoms with van der Waals surface area (Å²) in [6, 6.07) is 14.6. The predicted molar refractivity (Wildman–Crippen MR) is 78.1 cm³/mol. The number of ether oxygens (including phenoxy) is 2. The molecule has 0 N–H and O–H groups in total. The number of hydrogen-bond donors (Lipinski definition) is 0. The third-order valence-corrected chi connectivity index (χ3v) is 3.36. The van der Waals surface area contributed by atoms with Crippen LogP contribution >= 0.6 is 0 Å². The summed E-state index contributed by atoms with van der Waals surface area (Å²) in [5, 5.41) is 0. The highest BCUT2D eigenvalue weighted by Crippen LogP contribution is 2.23. The van der Waals surface area contributed by atoms with E-state index < -0.39 is 0 Å². The van der Waals surface area contributed by atoms with Crippen molar-refractivity contribution in [3.8, 4) is 11.5 Å². The number of rotatable bonds is 5. The molecule has 0 aliphatic carbocycles. The molecule has 0 saturated carbocycles. The fourth-order valence-corrected chi connectivity index (χ4v) is 2.18. The molecule has 0 spiro atoms. The van der Waals surface area contributed by atoms with Gasteiger partial charge in [0.2, 0.25) is 0 Å². The van der Waals surface area contributed by atoms with Crippen LogP contribution in [-0.4, -0.2) is 14.2 Å². The minimum absolute atomic E-state index is 0.846. The van der Waals surface area contributed by atoms with Gasteiger partial charge in [-0.1, -0.05) is 24.3 Å². The molecule has 0 heterocycles. The summed E-state index contributed by atoms with van der Waals surface area (Å²) in [6.07, 6.45) is 2.02. The number of benzene rings is 2. The molecule has 2 aromatic carbocycles. The van der Waals surface area contributed by atoms with Crippen molar-refractivity contribution >= 4 is 0 Å². The van der Waals surface area contributed by atoms with Crippen molar-refractivity contribution < 1.29 is 9.47 Å². The smallest absolute Gasteiger partial charge is 0.122 e. The van der Waals surface area contributed by atoms with E-state index in [1.165, 1.54) is 16.7 Å². The van der Waals surface area contributed by atoms with Gasteiger partial charge in [-0.25, -0.2) is 0 Å². The normalized spacial score (nSPS) is 10.3. The second-order valence-corrected chi connectivity index (χ2v) is 4.65. The molecule has 0 amide bonds. The minimum Gasteiger partial charge on any atom is -0.497 e. The second-order valence-electron chi connectivity index (χ2n) is 4.65. The molecule has 0 bridgehead atoms. The second kappa shape index (κ2) is 6.28. The first-order chi connectivity index (χ1) is 9.22. The molecule has 0 aromatic heterocycles. The van der Waals surface area contributed by atoms with Gasteiger partial charge < -0.3 is 9.47 Å². The molecular formula is C17H20O2. The van der Waals surface area contributed by atoms with Gasteiger partial charge in [-0.05, 0) is 48.6 Å². The average Bonchev–Trinajstić information content (AvgIpc) is 2.46. The van der Waals surface area contributed by atoms with Crippen LogP contribution in [0, 0.1) is 6.92 Å².